The average Bonchev–Trinajstić information content (AvgIpc) is 2.26. The van der Waals surface area contributed by atoms with Crippen LogP contribution in [-0.2, 0) is 9.53 Å². The van der Waals surface area contributed by atoms with Crippen LogP contribution in [-0.4, -0.2) is 18.1 Å². The van der Waals surface area contributed by atoms with Crippen LogP contribution in [0.4, 0.5) is 0 Å². The van der Waals surface area contributed by atoms with Crippen molar-refractivity contribution in [2.24, 2.45) is 23.0 Å². The zero-order valence-electron chi connectivity index (χ0n) is 12.5. The second-order valence-electron chi connectivity index (χ2n) is 6.44. The van der Waals surface area contributed by atoms with Crippen LogP contribution >= 0.6 is 0 Å². The Kier molecular flexibility index (Phi) is 5.20. The number of carbonyl (C=O) groups is 1. The molecule has 0 aromatic heterocycles. The van der Waals surface area contributed by atoms with Gasteiger partial charge in [-0.2, -0.15) is 0 Å². The van der Waals surface area contributed by atoms with E-state index < -0.39 is 0 Å². The number of hydrogen-bond donors (Lipinski definition) is 1. The molecule has 4 unspecified atom stereocenters. The molecule has 4 atom stereocenters. The monoisotopic (exact) mass is 255 g/mol. The van der Waals surface area contributed by atoms with Gasteiger partial charge < -0.3 is 10.5 Å². The molecule has 1 saturated carbocycles. The molecule has 0 heterocycles. The Morgan fingerprint density at radius 1 is 1.44 bits per heavy atom. The summed E-state index contributed by atoms with van der Waals surface area (Å²) in [5.74, 6) is 0.316. The van der Waals surface area contributed by atoms with Gasteiger partial charge in [-0.25, -0.2) is 0 Å². The second-order valence-corrected chi connectivity index (χ2v) is 6.44. The van der Waals surface area contributed by atoms with Crippen molar-refractivity contribution < 1.29 is 9.53 Å². The van der Waals surface area contributed by atoms with Crippen molar-refractivity contribution in [1.82, 2.24) is 0 Å². The summed E-state index contributed by atoms with van der Waals surface area (Å²) in [4.78, 5) is 12.3. The van der Waals surface area contributed by atoms with Gasteiger partial charge in [0.25, 0.3) is 0 Å². The molecule has 0 aliphatic heterocycles. The van der Waals surface area contributed by atoms with Gasteiger partial charge in [0, 0.05) is 6.04 Å². The van der Waals surface area contributed by atoms with E-state index in [2.05, 4.69) is 27.7 Å². The minimum atomic E-state index is -0.0688. The van der Waals surface area contributed by atoms with Gasteiger partial charge in [0.2, 0.25) is 0 Å². The van der Waals surface area contributed by atoms with E-state index in [1.807, 2.05) is 6.92 Å². The lowest BCUT2D eigenvalue weighted by atomic mass is 9.61. The van der Waals surface area contributed by atoms with Crippen LogP contribution in [0.3, 0.4) is 0 Å². The zero-order chi connectivity index (χ0) is 13.9. The van der Waals surface area contributed by atoms with E-state index in [9.17, 15) is 4.79 Å². The fraction of sp³-hybridized carbons (Fsp3) is 0.933. The Balaban J connectivity index is 2.67. The maximum Gasteiger partial charge on any atom is 0.309 e. The third-order valence-electron chi connectivity index (χ3n) is 4.80. The quantitative estimate of drug-likeness (QED) is 0.785. The zero-order valence-corrected chi connectivity index (χ0v) is 12.5. The largest absolute Gasteiger partial charge is 0.462 e. The van der Waals surface area contributed by atoms with E-state index in [0.717, 1.165) is 25.7 Å². The van der Waals surface area contributed by atoms with Gasteiger partial charge in [-0.05, 0) is 37.5 Å². The molecule has 18 heavy (non-hydrogen) atoms. The Morgan fingerprint density at radius 3 is 2.61 bits per heavy atom. The summed E-state index contributed by atoms with van der Waals surface area (Å²) >= 11 is 0. The Labute approximate surface area is 111 Å². The molecular formula is C15H29NO2. The van der Waals surface area contributed by atoms with Gasteiger partial charge in [-0.15, -0.1) is 0 Å². The first kappa shape index (κ1) is 15.5. The molecule has 1 rings (SSSR count). The first-order valence-corrected chi connectivity index (χ1v) is 7.26. The molecule has 0 radical (unpaired) electrons. The number of carbonyl (C=O) groups excluding carboxylic acids is 1. The van der Waals surface area contributed by atoms with Crippen LogP contribution < -0.4 is 5.73 Å². The lowest BCUT2D eigenvalue weighted by molar-refractivity contribution is -0.162. The molecule has 0 aromatic rings. The average molecular weight is 255 g/mol. The lowest BCUT2D eigenvalue weighted by Gasteiger charge is -2.45. The normalized spacial score (nSPS) is 32.9. The van der Waals surface area contributed by atoms with Crippen LogP contribution in [0.25, 0.3) is 0 Å². The first-order valence-electron chi connectivity index (χ1n) is 7.26. The summed E-state index contributed by atoms with van der Waals surface area (Å²) in [6, 6.07) is 0.206. The maximum absolute atomic E-state index is 12.3. The van der Waals surface area contributed by atoms with Crippen molar-refractivity contribution in [3.63, 3.8) is 0 Å². The molecule has 0 bridgehead atoms. The number of esters is 1. The van der Waals surface area contributed by atoms with E-state index in [0.29, 0.717) is 5.92 Å². The molecule has 0 aromatic carbocycles. The van der Waals surface area contributed by atoms with Crippen molar-refractivity contribution in [3.8, 4) is 0 Å². The number of rotatable bonds is 4. The molecule has 2 N–H and O–H groups in total. The molecule has 0 spiro atoms. The van der Waals surface area contributed by atoms with E-state index in [1.54, 1.807) is 0 Å². The summed E-state index contributed by atoms with van der Waals surface area (Å²) in [5.41, 5.74) is 6.04. The van der Waals surface area contributed by atoms with Gasteiger partial charge >= 0.3 is 5.97 Å². The van der Waals surface area contributed by atoms with Crippen LogP contribution in [0, 0.1) is 17.3 Å². The Hall–Kier alpha value is -0.570. The molecular weight excluding hydrogens is 226 g/mol. The van der Waals surface area contributed by atoms with Crippen LogP contribution in [0.2, 0.25) is 0 Å². The lowest BCUT2D eigenvalue weighted by Crippen LogP contribution is -2.49. The van der Waals surface area contributed by atoms with Gasteiger partial charge in [0.1, 0.15) is 0 Å². The first-order chi connectivity index (χ1) is 8.30. The standard InChI is InChI=1S/C15H29NO2/c1-6-7-10(2)18-14(17)12-8-9-13(16)11(3)15(12,4)5/h10-13H,6-9,16H2,1-5H3. The van der Waals surface area contributed by atoms with Crippen molar-refractivity contribution in [2.75, 3.05) is 0 Å². The van der Waals surface area contributed by atoms with Crippen molar-refractivity contribution in [3.05, 3.63) is 0 Å². The number of nitrogens with two attached hydrogens (primary N) is 1. The van der Waals surface area contributed by atoms with Gasteiger partial charge in [0.15, 0.2) is 0 Å². The highest BCUT2D eigenvalue weighted by atomic mass is 16.5. The number of hydrogen-bond acceptors (Lipinski definition) is 3. The van der Waals surface area contributed by atoms with Gasteiger partial charge in [0.05, 0.1) is 12.0 Å². The smallest absolute Gasteiger partial charge is 0.309 e. The van der Waals surface area contributed by atoms with E-state index in [-0.39, 0.29) is 29.4 Å². The highest BCUT2D eigenvalue weighted by Crippen LogP contribution is 2.45. The van der Waals surface area contributed by atoms with Gasteiger partial charge in [-0.3, -0.25) is 4.79 Å². The summed E-state index contributed by atoms with van der Waals surface area (Å²) in [7, 11) is 0. The third kappa shape index (κ3) is 3.25. The summed E-state index contributed by atoms with van der Waals surface area (Å²) in [6.45, 7) is 10.5. The van der Waals surface area contributed by atoms with Crippen molar-refractivity contribution in [1.29, 1.82) is 0 Å². The molecule has 1 fully saturated rings. The predicted molar refractivity (Wildman–Crippen MR) is 74.1 cm³/mol. The Morgan fingerprint density at radius 2 is 2.06 bits per heavy atom. The molecule has 0 amide bonds. The maximum atomic E-state index is 12.3. The summed E-state index contributed by atoms with van der Waals surface area (Å²) in [6.07, 6.45) is 3.80. The summed E-state index contributed by atoms with van der Waals surface area (Å²) < 4.78 is 5.57. The minimum absolute atomic E-state index is 0.00777. The highest BCUT2D eigenvalue weighted by molar-refractivity contribution is 5.73. The van der Waals surface area contributed by atoms with Crippen LogP contribution in [0.15, 0.2) is 0 Å². The molecule has 1 aliphatic rings. The van der Waals surface area contributed by atoms with Crippen molar-refractivity contribution >= 4 is 5.97 Å². The molecule has 0 saturated heterocycles. The SMILES string of the molecule is CCCC(C)OC(=O)C1CCC(N)C(C)C1(C)C. The molecule has 3 nitrogen and oxygen atoms in total. The fourth-order valence-electron chi connectivity index (χ4n) is 3.02. The number of ether oxygens (including phenoxy) is 1. The summed E-state index contributed by atoms with van der Waals surface area (Å²) in [5, 5.41) is 0. The van der Waals surface area contributed by atoms with Crippen molar-refractivity contribution in [2.45, 2.75) is 72.4 Å². The predicted octanol–water partition coefficient (Wildman–Crippen LogP) is 3.12. The van der Waals surface area contributed by atoms with E-state index in [4.69, 9.17) is 10.5 Å². The minimum Gasteiger partial charge on any atom is -0.462 e. The third-order valence-corrected chi connectivity index (χ3v) is 4.80. The Bertz CT molecular complexity index is 288. The molecule has 3 heteroatoms. The van der Waals surface area contributed by atoms with Crippen LogP contribution in [0.1, 0.15) is 60.3 Å². The van der Waals surface area contributed by atoms with E-state index in [1.165, 1.54) is 0 Å². The van der Waals surface area contributed by atoms with Crippen LogP contribution in [0.5, 0.6) is 0 Å². The highest BCUT2D eigenvalue weighted by Gasteiger charge is 2.46. The van der Waals surface area contributed by atoms with E-state index >= 15 is 0 Å². The second kappa shape index (κ2) is 6.05. The van der Waals surface area contributed by atoms with Gasteiger partial charge in [-0.1, -0.05) is 34.1 Å². The topological polar surface area (TPSA) is 52.3 Å². The molecule has 106 valence electrons. The fourth-order valence-corrected chi connectivity index (χ4v) is 3.02. The molecule has 1 aliphatic carbocycles.